The van der Waals surface area contributed by atoms with Gasteiger partial charge in [-0.05, 0) is 6.42 Å². The van der Waals surface area contributed by atoms with Crippen LogP contribution < -0.4 is 0 Å². The van der Waals surface area contributed by atoms with Crippen LogP contribution in [0, 0.1) is 0 Å². The number of hydrogen-bond acceptors (Lipinski definition) is 4. The van der Waals surface area contributed by atoms with Crippen LogP contribution in [0.25, 0.3) is 0 Å². The monoisotopic (exact) mass is 184 g/mol. The van der Waals surface area contributed by atoms with Crippen LogP contribution in [0.5, 0.6) is 5.95 Å². The lowest BCUT2D eigenvalue weighted by molar-refractivity contribution is 0.0487. The topological polar surface area (TPSA) is 72.2 Å². The quantitative estimate of drug-likeness (QED) is 0.528. The second-order valence-electron chi connectivity index (χ2n) is 2.52. The minimum atomic E-state index is -0.637. The molecule has 1 radical (unpaired) electrons. The molecule has 0 aliphatic heterocycles. The van der Waals surface area contributed by atoms with Crippen molar-refractivity contribution in [3.8, 4) is 5.95 Å². The van der Waals surface area contributed by atoms with E-state index in [4.69, 9.17) is 4.74 Å². The first kappa shape index (κ1) is 9.57. The molecule has 0 spiro atoms. The molecule has 0 N–H and O–H groups in total. The van der Waals surface area contributed by atoms with Gasteiger partial charge in [0.25, 0.3) is 0 Å². The molecule has 0 fully saturated rings. The maximum Gasteiger partial charge on any atom is 0.361 e. The Labute approximate surface area is 75.3 Å². The molecule has 1 heterocycles. The normalized spacial score (nSPS) is 9.92. The summed E-state index contributed by atoms with van der Waals surface area (Å²) >= 11 is 0. The van der Waals surface area contributed by atoms with Crippen LogP contribution in [0.3, 0.4) is 0 Å². The Morgan fingerprint density at radius 1 is 1.69 bits per heavy atom. The number of carbonyl (C=O) groups excluding carboxylic acids is 1. The number of hydrogen-bond donors (Lipinski definition) is 0. The van der Waals surface area contributed by atoms with Crippen LogP contribution in [0.2, 0.25) is 0 Å². The van der Waals surface area contributed by atoms with Gasteiger partial charge in [0.05, 0.1) is 12.7 Å². The summed E-state index contributed by atoms with van der Waals surface area (Å²) in [7, 11) is 0. The molecule has 0 atom stereocenters. The van der Waals surface area contributed by atoms with Crippen LogP contribution in [-0.4, -0.2) is 17.7 Å². The molecular formula is C8H10NO4. The molecule has 71 valence electrons. The Balaban J connectivity index is 2.40. The number of aromatic nitrogens is 1. The molecule has 0 amide bonds. The summed E-state index contributed by atoms with van der Waals surface area (Å²) in [6.07, 6.45) is 1.74. The minimum absolute atomic E-state index is 0.0684. The van der Waals surface area contributed by atoms with Crippen LogP contribution in [-0.2, 0) is 9.84 Å². The maximum absolute atomic E-state index is 11.0. The Bertz CT molecular complexity index is 281. The zero-order chi connectivity index (χ0) is 9.68. The zero-order valence-electron chi connectivity index (χ0n) is 7.28. The van der Waals surface area contributed by atoms with E-state index >= 15 is 0 Å². The van der Waals surface area contributed by atoms with E-state index in [0.29, 0.717) is 6.61 Å². The molecule has 5 heteroatoms. The van der Waals surface area contributed by atoms with Crippen molar-refractivity contribution in [3.63, 3.8) is 0 Å². The number of unbranched alkanes of at least 4 members (excludes halogenated alkanes) is 1. The molecule has 1 aromatic rings. The summed E-state index contributed by atoms with van der Waals surface area (Å²) in [4.78, 5) is 11.0. The third kappa shape index (κ3) is 2.77. The largest absolute Gasteiger partial charge is 0.461 e. The fourth-order valence-corrected chi connectivity index (χ4v) is 0.738. The molecule has 0 aliphatic carbocycles. The SMILES string of the molecule is CCCCOC(=O)c1cc([O])on1. The predicted octanol–water partition coefficient (Wildman–Crippen LogP) is 1.78. The van der Waals surface area contributed by atoms with Gasteiger partial charge >= 0.3 is 11.9 Å². The average Bonchev–Trinajstić information content (AvgIpc) is 2.52. The Hall–Kier alpha value is -1.52. The molecule has 5 nitrogen and oxygen atoms in total. The lowest BCUT2D eigenvalue weighted by Crippen LogP contribution is -2.06. The van der Waals surface area contributed by atoms with E-state index in [1.165, 1.54) is 0 Å². The van der Waals surface area contributed by atoms with Crippen molar-refractivity contribution in [1.82, 2.24) is 5.16 Å². The van der Waals surface area contributed by atoms with E-state index in [2.05, 4.69) is 9.68 Å². The molecule has 1 aromatic heterocycles. The van der Waals surface area contributed by atoms with Crippen molar-refractivity contribution in [2.45, 2.75) is 19.8 Å². The first-order valence-electron chi connectivity index (χ1n) is 4.05. The third-order valence-corrected chi connectivity index (χ3v) is 1.43. The van der Waals surface area contributed by atoms with Gasteiger partial charge in [-0.2, -0.15) is 0 Å². The van der Waals surface area contributed by atoms with Gasteiger partial charge in [-0.15, -0.1) is 0 Å². The predicted molar refractivity (Wildman–Crippen MR) is 41.8 cm³/mol. The molecule has 0 unspecified atom stereocenters. The van der Waals surface area contributed by atoms with Gasteiger partial charge in [-0.1, -0.05) is 18.5 Å². The number of carbonyl (C=O) groups is 1. The Morgan fingerprint density at radius 3 is 3.00 bits per heavy atom. The highest BCUT2D eigenvalue weighted by atomic mass is 16.6. The van der Waals surface area contributed by atoms with Gasteiger partial charge < -0.3 is 9.26 Å². The van der Waals surface area contributed by atoms with E-state index in [-0.39, 0.29) is 5.69 Å². The maximum atomic E-state index is 11.0. The first-order valence-corrected chi connectivity index (χ1v) is 4.05. The molecule has 0 bridgehead atoms. The minimum Gasteiger partial charge on any atom is -0.461 e. The van der Waals surface area contributed by atoms with Gasteiger partial charge in [-0.3, -0.25) is 0 Å². The highest BCUT2D eigenvalue weighted by Gasteiger charge is 2.13. The molecular weight excluding hydrogens is 174 g/mol. The second-order valence-corrected chi connectivity index (χ2v) is 2.52. The van der Waals surface area contributed by atoms with Crippen molar-refractivity contribution in [2.75, 3.05) is 6.61 Å². The molecule has 1 rings (SSSR count). The van der Waals surface area contributed by atoms with Crippen molar-refractivity contribution in [1.29, 1.82) is 0 Å². The van der Waals surface area contributed by atoms with E-state index in [9.17, 15) is 9.90 Å². The summed E-state index contributed by atoms with van der Waals surface area (Å²) in [5, 5.41) is 13.7. The Morgan fingerprint density at radius 2 is 2.46 bits per heavy atom. The number of ether oxygens (including phenoxy) is 1. The van der Waals surface area contributed by atoms with Crippen LogP contribution >= 0.6 is 0 Å². The molecule has 0 saturated heterocycles. The van der Waals surface area contributed by atoms with Gasteiger partial charge in [-0.25, -0.2) is 9.90 Å². The second kappa shape index (κ2) is 4.49. The standard InChI is InChI=1S/C8H10NO4/c1-2-3-4-12-8(11)6-5-7(10)13-9-6/h5H,2-4H2,1H3. The Kier molecular flexibility index (Phi) is 3.31. The molecule has 0 aliphatic rings. The van der Waals surface area contributed by atoms with Crippen molar-refractivity contribution >= 4 is 5.97 Å². The lowest BCUT2D eigenvalue weighted by Gasteiger charge is -1.98. The zero-order valence-corrected chi connectivity index (χ0v) is 7.28. The van der Waals surface area contributed by atoms with Gasteiger partial charge in [0.15, 0.2) is 5.69 Å². The van der Waals surface area contributed by atoms with E-state index < -0.39 is 11.9 Å². The lowest BCUT2D eigenvalue weighted by atomic mass is 10.3. The smallest absolute Gasteiger partial charge is 0.361 e. The van der Waals surface area contributed by atoms with Gasteiger partial charge in [0, 0.05) is 0 Å². The molecule has 0 aromatic carbocycles. The van der Waals surface area contributed by atoms with Gasteiger partial charge in [0.1, 0.15) is 0 Å². The van der Waals surface area contributed by atoms with Crippen LogP contribution in [0.15, 0.2) is 10.6 Å². The summed E-state index contributed by atoms with van der Waals surface area (Å²) < 4.78 is 8.97. The fourth-order valence-electron chi connectivity index (χ4n) is 0.738. The fraction of sp³-hybridized carbons (Fsp3) is 0.500. The van der Waals surface area contributed by atoms with Crippen molar-refractivity contribution in [3.05, 3.63) is 11.8 Å². The van der Waals surface area contributed by atoms with Crippen LogP contribution in [0.4, 0.5) is 0 Å². The van der Waals surface area contributed by atoms with Gasteiger partial charge in [0.2, 0.25) is 0 Å². The highest BCUT2D eigenvalue weighted by molar-refractivity contribution is 5.87. The summed E-state index contributed by atoms with van der Waals surface area (Å²) in [6, 6.07) is 1.01. The summed E-state index contributed by atoms with van der Waals surface area (Å²) in [6.45, 7) is 2.33. The van der Waals surface area contributed by atoms with Crippen LogP contribution in [0.1, 0.15) is 30.3 Å². The molecule has 0 saturated carbocycles. The van der Waals surface area contributed by atoms with Crippen molar-refractivity contribution in [2.24, 2.45) is 0 Å². The molecule has 13 heavy (non-hydrogen) atoms. The van der Waals surface area contributed by atoms with Crippen molar-refractivity contribution < 1.29 is 19.2 Å². The number of esters is 1. The number of rotatable bonds is 4. The van der Waals surface area contributed by atoms with E-state index in [0.717, 1.165) is 18.9 Å². The summed E-state index contributed by atoms with van der Waals surface area (Å²) in [5.41, 5.74) is -0.0684. The first-order chi connectivity index (χ1) is 6.24. The average molecular weight is 184 g/mol. The third-order valence-electron chi connectivity index (χ3n) is 1.43. The van der Waals surface area contributed by atoms with E-state index in [1.807, 2.05) is 6.92 Å². The number of nitrogens with zero attached hydrogens (tertiary/aromatic N) is 1. The van der Waals surface area contributed by atoms with E-state index in [1.54, 1.807) is 0 Å². The summed E-state index contributed by atoms with van der Waals surface area (Å²) in [5.74, 6) is -1.25. The highest BCUT2D eigenvalue weighted by Crippen LogP contribution is 2.11.